The van der Waals surface area contributed by atoms with Crippen molar-refractivity contribution in [3.63, 3.8) is 0 Å². The Hall–Kier alpha value is -2.07. The van der Waals surface area contributed by atoms with Crippen molar-refractivity contribution < 1.29 is 13.2 Å². The van der Waals surface area contributed by atoms with E-state index in [0.717, 1.165) is 17.5 Å². The van der Waals surface area contributed by atoms with Crippen molar-refractivity contribution in [3.8, 4) is 5.69 Å². The van der Waals surface area contributed by atoms with E-state index in [2.05, 4.69) is 36.3 Å². The quantitative estimate of drug-likeness (QED) is 0.437. The Morgan fingerprint density at radius 2 is 1.79 bits per heavy atom. The topological polar surface area (TPSA) is 94.0 Å². The van der Waals surface area contributed by atoms with E-state index in [1.54, 1.807) is 4.57 Å². The molecule has 176 valence electrons. The van der Waals surface area contributed by atoms with Gasteiger partial charge in [0.25, 0.3) is 0 Å². The van der Waals surface area contributed by atoms with Crippen LogP contribution in [0.25, 0.3) is 5.69 Å². The summed E-state index contributed by atoms with van der Waals surface area (Å²) in [6, 6.07) is 10.0. The largest absolute Gasteiger partial charge is 0.324 e. The van der Waals surface area contributed by atoms with E-state index in [-0.39, 0.29) is 27.0 Å². The van der Waals surface area contributed by atoms with Crippen molar-refractivity contribution in [3.05, 3.63) is 57.8 Å². The fourth-order valence-electron chi connectivity index (χ4n) is 3.01. The van der Waals surface area contributed by atoms with Gasteiger partial charge in [0.05, 0.1) is 32.1 Å². The van der Waals surface area contributed by atoms with E-state index in [4.69, 9.17) is 23.2 Å². The number of hydrogen-bond donors (Lipinski definition) is 1. The number of aryl methyl sites for hydroxylation is 1. The molecule has 33 heavy (non-hydrogen) atoms. The van der Waals surface area contributed by atoms with Crippen LogP contribution >= 0.6 is 35.0 Å². The van der Waals surface area contributed by atoms with Gasteiger partial charge in [0.15, 0.2) is 15.0 Å². The lowest BCUT2D eigenvalue weighted by Crippen LogP contribution is -2.15. The first-order valence-electron chi connectivity index (χ1n) is 9.92. The van der Waals surface area contributed by atoms with Crippen molar-refractivity contribution in [1.29, 1.82) is 0 Å². The van der Waals surface area contributed by atoms with Crippen LogP contribution in [0.3, 0.4) is 0 Å². The van der Waals surface area contributed by atoms with Gasteiger partial charge < -0.3 is 5.32 Å². The predicted molar refractivity (Wildman–Crippen MR) is 134 cm³/mol. The Labute approximate surface area is 207 Å². The molecule has 0 atom stereocenters. The molecule has 1 aromatic heterocycles. The highest BCUT2D eigenvalue weighted by Gasteiger charge is 2.19. The molecule has 11 heteroatoms. The molecular weight excluding hydrogens is 503 g/mol. The molecule has 0 unspecified atom stereocenters. The number of anilines is 1. The summed E-state index contributed by atoms with van der Waals surface area (Å²) >= 11 is 13.9. The van der Waals surface area contributed by atoms with Crippen molar-refractivity contribution in [2.24, 2.45) is 0 Å². The number of carbonyl (C=O) groups is 1. The SMILES string of the molecule is Cc1nnc(SCC(=O)Nc2ccc(S(C)(=O)=O)cc2Cl)n1-c1ccc(C(C)(C)C)cc1Cl. The number of amides is 1. The number of nitrogens with one attached hydrogen (secondary N) is 1. The van der Waals surface area contributed by atoms with Crippen LogP contribution in [0.5, 0.6) is 0 Å². The van der Waals surface area contributed by atoms with Crippen LogP contribution in [-0.4, -0.2) is 41.1 Å². The normalized spacial score (nSPS) is 12.1. The van der Waals surface area contributed by atoms with Crippen molar-refractivity contribution in [2.45, 2.75) is 43.2 Å². The van der Waals surface area contributed by atoms with E-state index in [1.807, 2.05) is 25.1 Å². The highest BCUT2D eigenvalue weighted by Crippen LogP contribution is 2.32. The van der Waals surface area contributed by atoms with Crippen LogP contribution in [0.4, 0.5) is 5.69 Å². The van der Waals surface area contributed by atoms with Gasteiger partial charge in [0.2, 0.25) is 5.91 Å². The molecule has 0 aliphatic rings. The first-order chi connectivity index (χ1) is 15.3. The highest BCUT2D eigenvalue weighted by atomic mass is 35.5. The summed E-state index contributed by atoms with van der Waals surface area (Å²) in [6.07, 6.45) is 1.09. The first kappa shape index (κ1) is 25.6. The number of halogens is 2. The zero-order valence-corrected chi connectivity index (χ0v) is 22.0. The standard InChI is InChI=1S/C22H24Cl2N4O3S2/c1-13-26-27-21(28(13)19-9-6-14(10-17(19)24)22(2,3)4)32-12-20(29)25-18-8-7-15(11-16(18)23)33(5,30)31/h6-11H,12H2,1-5H3,(H,25,29). The minimum atomic E-state index is -3.39. The zero-order chi connectivity index (χ0) is 24.6. The number of benzene rings is 2. The van der Waals surface area contributed by atoms with Crippen molar-refractivity contribution >= 4 is 56.4 Å². The van der Waals surface area contributed by atoms with Gasteiger partial charge in [-0.2, -0.15) is 0 Å². The third kappa shape index (κ3) is 6.09. The summed E-state index contributed by atoms with van der Waals surface area (Å²) in [5.41, 5.74) is 2.12. The monoisotopic (exact) mass is 526 g/mol. The second-order valence-corrected chi connectivity index (χ2v) is 12.3. The molecule has 0 saturated heterocycles. The van der Waals surface area contributed by atoms with Gasteiger partial charge in [-0.3, -0.25) is 9.36 Å². The van der Waals surface area contributed by atoms with Crippen LogP contribution < -0.4 is 5.32 Å². The molecule has 2 aromatic carbocycles. The van der Waals surface area contributed by atoms with Gasteiger partial charge in [-0.15, -0.1) is 10.2 Å². The minimum Gasteiger partial charge on any atom is -0.324 e. The third-order valence-electron chi connectivity index (χ3n) is 4.82. The second kappa shape index (κ2) is 9.66. The van der Waals surface area contributed by atoms with Crippen LogP contribution in [0.1, 0.15) is 32.2 Å². The summed E-state index contributed by atoms with van der Waals surface area (Å²) in [6.45, 7) is 8.16. The Morgan fingerprint density at radius 1 is 1.09 bits per heavy atom. The zero-order valence-electron chi connectivity index (χ0n) is 18.8. The molecular formula is C22H24Cl2N4O3S2. The fourth-order valence-corrected chi connectivity index (χ4v) is 5.01. The van der Waals surface area contributed by atoms with E-state index in [9.17, 15) is 13.2 Å². The van der Waals surface area contributed by atoms with E-state index >= 15 is 0 Å². The van der Waals surface area contributed by atoms with Crippen LogP contribution in [0, 0.1) is 6.92 Å². The Morgan fingerprint density at radius 3 is 2.36 bits per heavy atom. The fraction of sp³-hybridized carbons (Fsp3) is 0.318. The van der Waals surface area contributed by atoms with Crippen molar-refractivity contribution in [2.75, 3.05) is 17.3 Å². The van der Waals surface area contributed by atoms with Gasteiger partial charge in [-0.05, 0) is 48.2 Å². The molecule has 1 heterocycles. The lowest BCUT2D eigenvalue weighted by atomic mass is 9.87. The summed E-state index contributed by atoms with van der Waals surface area (Å²) in [4.78, 5) is 12.6. The third-order valence-corrected chi connectivity index (χ3v) is 7.48. The molecule has 0 fully saturated rings. The van der Waals surface area contributed by atoms with Gasteiger partial charge in [0, 0.05) is 6.26 Å². The number of aromatic nitrogens is 3. The predicted octanol–water partition coefficient (Wildman–Crippen LogP) is 5.31. The molecule has 1 N–H and O–H groups in total. The maximum atomic E-state index is 12.5. The average molecular weight is 527 g/mol. The Kier molecular flexibility index (Phi) is 7.48. The van der Waals surface area contributed by atoms with E-state index in [0.29, 0.717) is 21.7 Å². The minimum absolute atomic E-state index is 0.0408. The summed E-state index contributed by atoms with van der Waals surface area (Å²) < 4.78 is 25.1. The second-order valence-electron chi connectivity index (χ2n) is 8.53. The summed E-state index contributed by atoms with van der Waals surface area (Å²) in [5, 5.41) is 12.2. The number of hydrogen-bond acceptors (Lipinski definition) is 6. The summed E-state index contributed by atoms with van der Waals surface area (Å²) in [5.74, 6) is 0.359. The molecule has 0 saturated carbocycles. The number of sulfone groups is 1. The highest BCUT2D eigenvalue weighted by molar-refractivity contribution is 7.99. The maximum absolute atomic E-state index is 12.5. The first-order valence-corrected chi connectivity index (χ1v) is 13.6. The van der Waals surface area contributed by atoms with Crippen molar-refractivity contribution in [1.82, 2.24) is 14.8 Å². The molecule has 0 spiro atoms. The van der Waals surface area contributed by atoms with Gasteiger partial charge >= 0.3 is 0 Å². The molecule has 7 nitrogen and oxygen atoms in total. The molecule has 3 aromatic rings. The number of carbonyl (C=O) groups excluding carboxylic acids is 1. The van der Waals surface area contributed by atoms with Crippen LogP contribution in [-0.2, 0) is 20.0 Å². The van der Waals surface area contributed by atoms with Crippen LogP contribution in [0.15, 0.2) is 46.5 Å². The van der Waals surface area contributed by atoms with Gasteiger partial charge in [0.1, 0.15) is 5.82 Å². The van der Waals surface area contributed by atoms with E-state index < -0.39 is 9.84 Å². The number of thioether (sulfide) groups is 1. The van der Waals surface area contributed by atoms with Crippen LogP contribution in [0.2, 0.25) is 10.0 Å². The molecule has 0 radical (unpaired) electrons. The number of rotatable bonds is 6. The summed E-state index contributed by atoms with van der Waals surface area (Å²) in [7, 11) is -3.39. The smallest absolute Gasteiger partial charge is 0.234 e. The van der Waals surface area contributed by atoms with Gasteiger partial charge in [-0.25, -0.2) is 8.42 Å². The maximum Gasteiger partial charge on any atom is 0.234 e. The Bertz CT molecular complexity index is 1320. The average Bonchev–Trinajstić information content (AvgIpc) is 3.06. The molecule has 0 aliphatic carbocycles. The molecule has 1 amide bonds. The molecule has 0 bridgehead atoms. The van der Waals surface area contributed by atoms with E-state index in [1.165, 1.54) is 30.0 Å². The molecule has 0 aliphatic heterocycles. The molecule has 3 rings (SSSR count). The lowest BCUT2D eigenvalue weighted by molar-refractivity contribution is -0.113. The number of nitrogens with zero attached hydrogens (tertiary/aromatic N) is 3. The lowest BCUT2D eigenvalue weighted by Gasteiger charge is -2.20. The van der Waals surface area contributed by atoms with Gasteiger partial charge in [-0.1, -0.05) is 61.8 Å². The Balaban J connectivity index is 1.76.